The molecule has 0 radical (unpaired) electrons. The number of Topliss-reactive ketones (excluding diaryl/α,β-unsaturated/α-hetero) is 1. The standard InChI is InChI=1S/C15H27NO/c1-12-6-5-7-13(10-12)14(17)11-15(16)8-3-2-4-9-15/h12-13H,2-11,16H2,1H3. The highest BCUT2D eigenvalue weighted by molar-refractivity contribution is 5.82. The van der Waals surface area contributed by atoms with Crippen molar-refractivity contribution in [2.24, 2.45) is 17.6 Å². The van der Waals surface area contributed by atoms with Gasteiger partial charge in [0.1, 0.15) is 5.78 Å². The van der Waals surface area contributed by atoms with Gasteiger partial charge in [0.05, 0.1) is 0 Å². The summed E-state index contributed by atoms with van der Waals surface area (Å²) in [4.78, 5) is 12.3. The minimum absolute atomic E-state index is 0.157. The number of ketones is 1. The van der Waals surface area contributed by atoms with Crippen molar-refractivity contribution in [1.29, 1.82) is 0 Å². The van der Waals surface area contributed by atoms with E-state index in [1.54, 1.807) is 0 Å². The number of carbonyl (C=O) groups is 1. The molecule has 2 aliphatic rings. The van der Waals surface area contributed by atoms with E-state index < -0.39 is 0 Å². The molecule has 2 atom stereocenters. The minimum Gasteiger partial charge on any atom is -0.325 e. The molecule has 2 nitrogen and oxygen atoms in total. The van der Waals surface area contributed by atoms with Crippen molar-refractivity contribution in [2.75, 3.05) is 0 Å². The summed E-state index contributed by atoms with van der Waals surface area (Å²) >= 11 is 0. The summed E-state index contributed by atoms with van der Waals surface area (Å²) in [5.74, 6) is 1.51. The molecule has 0 spiro atoms. The van der Waals surface area contributed by atoms with Crippen LogP contribution in [0.15, 0.2) is 0 Å². The van der Waals surface area contributed by atoms with E-state index in [9.17, 15) is 4.79 Å². The molecule has 2 rings (SSSR count). The zero-order chi connectivity index (χ0) is 12.3. The Hall–Kier alpha value is -0.370. The van der Waals surface area contributed by atoms with Crippen molar-refractivity contribution >= 4 is 5.78 Å². The Bertz CT molecular complexity index is 268. The first-order valence-corrected chi connectivity index (χ1v) is 7.41. The van der Waals surface area contributed by atoms with Crippen LogP contribution in [-0.2, 0) is 4.79 Å². The van der Waals surface area contributed by atoms with Gasteiger partial charge in [-0.05, 0) is 31.6 Å². The molecule has 2 N–H and O–H groups in total. The third kappa shape index (κ3) is 3.54. The number of nitrogens with two attached hydrogens (primary N) is 1. The van der Waals surface area contributed by atoms with E-state index in [2.05, 4.69) is 6.92 Å². The zero-order valence-corrected chi connectivity index (χ0v) is 11.2. The quantitative estimate of drug-likeness (QED) is 0.817. The van der Waals surface area contributed by atoms with Crippen molar-refractivity contribution in [3.05, 3.63) is 0 Å². The first-order chi connectivity index (χ1) is 8.09. The highest BCUT2D eigenvalue weighted by Crippen LogP contribution is 2.34. The van der Waals surface area contributed by atoms with Crippen molar-refractivity contribution in [3.63, 3.8) is 0 Å². The highest BCUT2D eigenvalue weighted by atomic mass is 16.1. The van der Waals surface area contributed by atoms with Crippen LogP contribution >= 0.6 is 0 Å². The lowest BCUT2D eigenvalue weighted by molar-refractivity contribution is -0.125. The Balaban J connectivity index is 1.87. The Morgan fingerprint density at radius 3 is 2.53 bits per heavy atom. The predicted molar refractivity (Wildman–Crippen MR) is 70.7 cm³/mol. The topological polar surface area (TPSA) is 43.1 Å². The SMILES string of the molecule is CC1CCCC(C(=O)CC2(N)CCCCC2)C1. The molecular weight excluding hydrogens is 210 g/mol. The van der Waals surface area contributed by atoms with E-state index >= 15 is 0 Å². The second-order valence-electron chi connectivity index (χ2n) is 6.53. The Morgan fingerprint density at radius 2 is 1.88 bits per heavy atom. The lowest BCUT2D eigenvalue weighted by Crippen LogP contribution is -2.44. The maximum Gasteiger partial charge on any atom is 0.137 e. The number of carbonyl (C=O) groups excluding carboxylic acids is 1. The van der Waals surface area contributed by atoms with Crippen LogP contribution in [0.2, 0.25) is 0 Å². The smallest absolute Gasteiger partial charge is 0.137 e. The molecule has 0 aliphatic heterocycles. The second-order valence-corrected chi connectivity index (χ2v) is 6.53. The van der Waals surface area contributed by atoms with Gasteiger partial charge in [-0.25, -0.2) is 0 Å². The molecule has 2 heteroatoms. The van der Waals surface area contributed by atoms with Gasteiger partial charge in [0.25, 0.3) is 0 Å². The Labute approximate surface area is 105 Å². The van der Waals surface area contributed by atoms with Crippen LogP contribution in [0.25, 0.3) is 0 Å². The van der Waals surface area contributed by atoms with Crippen molar-refractivity contribution in [3.8, 4) is 0 Å². The van der Waals surface area contributed by atoms with E-state index in [1.807, 2.05) is 0 Å². The summed E-state index contributed by atoms with van der Waals surface area (Å²) in [6.07, 6.45) is 11.2. The van der Waals surface area contributed by atoms with Crippen LogP contribution in [0.1, 0.15) is 71.1 Å². The van der Waals surface area contributed by atoms with Gasteiger partial charge in [-0.2, -0.15) is 0 Å². The van der Waals surface area contributed by atoms with Gasteiger partial charge in [-0.15, -0.1) is 0 Å². The lowest BCUT2D eigenvalue weighted by Gasteiger charge is -2.35. The second kappa shape index (κ2) is 5.51. The van der Waals surface area contributed by atoms with Gasteiger partial charge >= 0.3 is 0 Å². The fourth-order valence-electron chi connectivity index (χ4n) is 3.65. The normalized spacial score (nSPS) is 33.3. The van der Waals surface area contributed by atoms with Crippen molar-refractivity contribution in [1.82, 2.24) is 0 Å². The van der Waals surface area contributed by atoms with Crippen LogP contribution in [0.3, 0.4) is 0 Å². The fourth-order valence-corrected chi connectivity index (χ4v) is 3.65. The Kier molecular flexibility index (Phi) is 4.24. The minimum atomic E-state index is -0.157. The van der Waals surface area contributed by atoms with Gasteiger partial charge in [0, 0.05) is 17.9 Å². The predicted octanol–water partition coefficient (Wildman–Crippen LogP) is 3.43. The largest absolute Gasteiger partial charge is 0.325 e. The molecule has 0 aromatic heterocycles. The van der Waals surface area contributed by atoms with Crippen LogP contribution in [0.4, 0.5) is 0 Å². The summed E-state index contributed by atoms with van der Waals surface area (Å²) in [5, 5.41) is 0. The summed E-state index contributed by atoms with van der Waals surface area (Å²) < 4.78 is 0. The average molecular weight is 237 g/mol. The third-order valence-electron chi connectivity index (χ3n) is 4.77. The maximum atomic E-state index is 12.3. The monoisotopic (exact) mass is 237 g/mol. The van der Waals surface area contributed by atoms with Crippen molar-refractivity contribution in [2.45, 2.75) is 76.7 Å². The van der Waals surface area contributed by atoms with Crippen molar-refractivity contribution < 1.29 is 4.79 Å². The van der Waals surface area contributed by atoms with Gasteiger partial charge in [0.2, 0.25) is 0 Å². The molecule has 98 valence electrons. The molecule has 2 unspecified atom stereocenters. The van der Waals surface area contributed by atoms with Gasteiger partial charge in [-0.3, -0.25) is 4.79 Å². The summed E-state index contributed by atoms with van der Waals surface area (Å²) in [7, 11) is 0. The molecule has 0 bridgehead atoms. The Morgan fingerprint density at radius 1 is 1.18 bits per heavy atom. The van der Waals surface area contributed by atoms with E-state index in [-0.39, 0.29) is 5.54 Å². The molecule has 0 aromatic rings. The molecule has 2 saturated carbocycles. The molecule has 17 heavy (non-hydrogen) atoms. The van der Waals surface area contributed by atoms with Crippen LogP contribution in [-0.4, -0.2) is 11.3 Å². The molecule has 0 amide bonds. The average Bonchev–Trinajstić information content (AvgIpc) is 2.29. The van der Waals surface area contributed by atoms with Gasteiger partial charge in [-0.1, -0.05) is 39.0 Å². The summed E-state index contributed by atoms with van der Waals surface area (Å²) in [5.41, 5.74) is 6.22. The van der Waals surface area contributed by atoms with Gasteiger partial charge in [0.15, 0.2) is 0 Å². The first kappa shape index (κ1) is 13.1. The lowest BCUT2D eigenvalue weighted by atomic mass is 9.73. The fraction of sp³-hybridized carbons (Fsp3) is 0.933. The summed E-state index contributed by atoms with van der Waals surface area (Å²) in [6.45, 7) is 2.28. The number of rotatable bonds is 3. The molecule has 0 heterocycles. The van der Waals surface area contributed by atoms with E-state index in [0.29, 0.717) is 18.1 Å². The first-order valence-electron chi connectivity index (χ1n) is 7.41. The third-order valence-corrected chi connectivity index (χ3v) is 4.77. The molecule has 0 aromatic carbocycles. The number of hydrogen-bond donors (Lipinski definition) is 1. The molecule has 2 aliphatic carbocycles. The van der Waals surface area contributed by atoms with Gasteiger partial charge < -0.3 is 5.73 Å². The molecular formula is C15H27NO. The summed E-state index contributed by atoms with van der Waals surface area (Å²) in [6, 6.07) is 0. The van der Waals surface area contributed by atoms with E-state index in [4.69, 9.17) is 5.73 Å². The molecule has 2 fully saturated rings. The highest BCUT2D eigenvalue weighted by Gasteiger charge is 2.33. The van der Waals surface area contributed by atoms with E-state index in [1.165, 1.54) is 32.1 Å². The van der Waals surface area contributed by atoms with E-state index in [0.717, 1.165) is 31.6 Å². The van der Waals surface area contributed by atoms with Crippen LogP contribution < -0.4 is 5.73 Å². The van der Waals surface area contributed by atoms with Crippen LogP contribution in [0, 0.1) is 11.8 Å². The maximum absolute atomic E-state index is 12.3. The number of hydrogen-bond acceptors (Lipinski definition) is 2. The molecule has 0 saturated heterocycles. The van der Waals surface area contributed by atoms with Crippen LogP contribution in [0.5, 0.6) is 0 Å². The zero-order valence-electron chi connectivity index (χ0n) is 11.2.